The zero-order valence-electron chi connectivity index (χ0n) is 12.2. The quantitative estimate of drug-likeness (QED) is 0.789. The highest BCUT2D eigenvalue weighted by Gasteiger charge is 2.30. The van der Waals surface area contributed by atoms with Crippen molar-refractivity contribution in [3.63, 3.8) is 0 Å². The molecule has 0 saturated carbocycles. The average molecular weight is 358 g/mol. The third kappa shape index (κ3) is 3.26. The van der Waals surface area contributed by atoms with E-state index in [1.807, 2.05) is 11.8 Å². The lowest BCUT2D eigenvalue weighted by Gasteiger charge is -2.36. The van der Waals surface area contributed by atoms with Gasteiger partial charge in [0.2, 0.25) is 5.91 Å². The fourth-order valence-electron chi connectivity index (χ4n) is 2.42. The van der Waals surface area contributed by atoms with E-state index in [2.05, 4.69) is 31.7 Å². The Morgan fingerprint density at radius 3 is 3.05 bits per heavy atom. The summed E-state index contributed by atoms with van der Waals surface area (Å²) in [5.74, 6) is -0.0770. The predicted molar refractivity (Wildman–Crippen MR) is 84.6 cm³/mol. The molecule has 1 aromatic heterocycles. The Balaban J connectivity index is 2.37. The maximum absolute atomic E-state index is 12.3. The number of piperazine rings is 1. The molecule has 1 saturated heterocycles. The van der Waals surface area contributed by atoms with Crippen molar-refractivity contribution in [2.75, 3.05) is 31.6 Å². The second kappa shape index (κ2) is 7.04. The van der Waals surface area contributed by atoms with Gasteiger partial charge in [-0.05, 0) is 22.4 Å². The van der Waals surface area contributed by atoms with Gasteiger partial charge in [0.25, 0.3) is 5.56 Å². The maximum Gasteiger partial charge on any atom is 0.283 e. The van der Waals surface area contributed by atoms with E-state index in [-0.39, 0.29) is 17.5 Å². The number of carbonyl (C=O) groups is 1. The number of carbonyl (C=O) groups excluding carboxylic acids is 1. The molecular formula is C13H20BrN5O2. The molecule has 1 aromatic rings. The molecule has 116 valence electrons. The number of hydrogen-bond donors (Lipinski definition) is 2. The van der Waals surface area contributed by atoms with Crippen LogP contribution in [0.4, 0.5) is 5.69 Å². The van der Waals surface area contributed by atoms with Crippen LogP contribution in [-0.2, 0) is 11.3 Å². The Bertz CT molecular complexity index is 574. The number of rotatable bonds is 4. The summed E-state index contributed by atoms with van der Waals surface area (Å²) in [5.41, 5.74) is 0.506. The molecule has 1 aliphatic rings. The molecule has 1 unspecified atom stereocenters. The van der Waals surface area contributed by atoms with Gasteiger partial charge in [0.05, 0.1) is 11.9 Å². The number of nitrogens with one attached hydrogen (secondary N) is 2. The number of anilines is 1. The van der Waals surface area contributed by atoms with Crippen LogP contribution in [0.5, 0.6) is 0 Å². The largest absolute Gasteiger partial charge is 0.357 e. The third-order valence-corrected chi connectivity index (χ3v) is 4.25. The smallest absolute Gasteiger partial charge is 0.283 e. The van der Waals surface area contributed by atoms with Gasteiger partial charge in [-0.25, -0.2) is 4.68 Å². The first kappa shape index (κ1) is 16.0. The summed E-state index contributed by atoms with van der Waals surface area (Å²) in [6.45, 7) is 4.53. The first-order chi connectivity index (χ1) is 10.1. The lowest BCUT2D eigenvalue weighted by atomic mass is 10.1. The summed E-state index contributed by atoms with van der Waals surface area (Å²) in [7, 11) is 1.61. The van der Waals surface area contributed by atoms with Crippen LogP contribution in [0.15, 0.2) is 15.5 Å². The van der Waals surface area contributed by atoms with Gasteiger partial charge < -0.3 is 15.5 Å². The first-order valence-corrected chi connectivity index (χ1v) is 7.84. The Labute approximate surface area is 131 Å². The molecule has 1 fully saturated rings. The lowest BCUT2D eigenvalue weighted by Crippen LogP contribution is -2.58. The zero-order valence-corrected chi connectivity index (χ0v) is 13.8. The van der Waals surface area contributed by atoms with Crippen molar-refractivity contribution in [1.82, 2.24) is 20.4 Å². The fraction of sp³-hybridized carbons (Fsp3) is 0.615. The Hall–Kier alpha value is -1.41. The average Bonchev–Trinajstić information content (AvgIpc) is 2.51. The van der Waals surface area contributed by atoms with Gasteiger partial charge in [-0.2, -0.15) is 5.10 Å². The summed E-state index contributed by atoms with van der Waals surface area (Å²) < 4.78 is 1.90. The molecule has 0 spiro atoms. The number of likely N-dealkylation sites (N-methyl/N-ethyl adjacent to an activating group) is 1. The summed E-state index contributed by atoms with van der Waals surface area (Å²) in [4.78, 5) is 26.2. The third-order valence-electron chi connectivity index (χ3n) is 3.50. The van der Waals surface area contributed by atoms with Crippen molar-refractivity contribution in [3.8, 4) is 0 Å². The second-order valence-corrected chi connectivity index (χ2v) is 5.69. The predicted octanol–water partition coefficient (Wildman–Crippen LogP) is -0.0600. The highest BCUT2D eigenvalue weighted by atomic mass is 79.9. The van der Waals surface area contributed by atoms with Crippen LogP contribution < -0.4 is 21.1 Å². The normalized spacial score (nSPS) is 18.6. The van der Waals surface area contributed by atoms with Crippen molar-refractivity contribution in [3.05, 3.63) is 21.0 Å². The van der Waals surface area contributed by atoms with Crippen molar-refractivity contribution in [2.45, 2.75) is 25.9 Å². The molecule has 1 amide bonds. The molecule has 0 radical (unpaired) electrons. The Kier molecular flexibility index (Phi) is 5.35. The molecule has 7 nitrogen and oxygen atoms in total. The first-order valence-electron chi connectivity index (χ1n) is 7.04. The van der Waals surface area contributed by atoms with Crippen LogP contribution >= 0.6 is 15.9 Å². The summed E-state index contributed by atoms with van der Waals surface area (Å²) in [6.07, 6.45) is 2.50. The molecule has 2 N–H and O–H groups in total. The number of aryl methyl sites for hydroxylation is 1. The van der Waals surface area contributed by atoms with E-state index in [1.54, 1.807) is 13.2 Å². The topological polar surface area (TPSA) is 79.3 Å². The van der Waals surface area contributed by atoms with Gasteiger partial charge in [-0.1, -0.05) is 6.92 Å². The molecule has 1 atom stereocenters. The van der Waals surface area contributed by atoms with Crippen molar-refractivity contribution >= 4 is 27.5 Å². The van der Waals surface area contributed by atoms with E-state index in [9.17, 15) is 9.59 Å². The van der Waals surface area contributed by atoms with E-state index in [4.69, 9.17) is 0 Å². The lowest BCUT2D eigenvalue weighted by molar-refractivity contribution is -0.122. The van der Waals surface area contributed by atoms with Crippen LogP contribution in [0.1, 0.15) is 13.3 Å². The number of amides is 1. The number of aromatic nitrogens is 2. The molecule has 0 bridgehead atoms. The van der Waals surface area contributed by atoms with Gasteiger partial charge in [-0.15, -0.1) is 0 Å². The SMILES string of the molecule is CCCn1ncc(N2CCNCC2C(=O)NC)c(Br)c1=O. The van der Waals surface area contributed by atoms with E-state index in [0.29, 0.717) is 29.8 Å². The monoisotopic (exact) mass is 357 g/mol. The Morgan fingerprint density at radius 1 is 1.62 bits per heavy atom. The molecule has 8 heteroatoms. The van der Waals surface area contributed by atoms with Crippen molar-refractivity contribution in [1.29, 1.82) is 0 Å². The summed E-state index contributed by atoms with van der Waals surface area (Å²) in [6, 6.07) is -0.344. The summed E-state index contributed by atoms with van der Waals surface area (Å²) in [5, 5.41) is 10.1. The van der Waals surface area contributed by atoms with E-state index in [1.165, 1.54) is 4.68 Å². The number of halogens is 1. The molecule has 0 aliphatic carbocycles. The van der Waals surface area contributed by atoms with Crippen LogP contribution in [0.2, 0.25) is 0 Å². The van der Waals surface area contributed by atoms with Gasteiger partial charge in [0, 0.05) is 33.2 Å². The molecule has 21 heavy (non-hydrogen) atoms. The van der Waals surface area contributed by atoms with Crippen LogP contribution in [0.3, 0.4) is 0 Å². The highest BCUT2D eigenvalue weighted by molar-refractivity contribution is 9.10. The standard InChI is InChI=1S/C13H20BrN5O2/c1-3-5-19-13(21)11(14)9(8-17-19)18-6-4-16-7-10(18)12(20)15-2/h8,10,16H,3-7H2,1-2H3,(H,15,20). The van der Waals surface area contributed by atoms with Crippen molar-refractivity contribution in [2.24, 2.45) is 0 Å². The maximum atomic E-state index is 12.3. The van der Waals surface area contributed by atoms with Gasteiger partial charge in [0.15, 0.2) is 0 Å². The van der Waals surface area contributed by atoms with Crippen LogP contribution in [-0.4, -0.2) is 48.4 Å². The minimum absolute atomic E-state index is 0.0770. The van der Waals surface area contributed by atoms with Crippen molar-refractivity contribution < 1.29 is 4.79 Å². The van der Waals surface area contributed by atoms with Crippen LogP contribution in [0, 0.1) is 0 Å². The zero-order chi connectivity index (χ0) is 15.4. The number of hydrogen-bond acceptors (Lipinski definition) is 5. The molecular weight excluding hydrogens is 338 g/mol. The highest BCUT2D eigenvalue weighted by Crippen LogP contribution is 2.24. The molecule has 2 heterocycles. The molecule has 0 aromatic carbocycles. The molecule has 2 rings (SSSR count). The Morgan fingerprint density at radius 2 is 2.38 bits per heavy atom. The minimum Gasteiger partial charge on any atom is -0.357 e. The second-order valence-electron chi connectivity index (χ2n) is 4.90. The van der Waals surface area contributed by atoms with E-state index < -0.39 is 0 Å². The van der Waals surface area contributed by atoms with Gasteiger partial charge >= 0.3 is 0 Å². The molecule has 1 aliphatic heterocycles. The number of nitrogens with zero attached hydrogens (tertiary/aromatic N) is 3. The van der Waals surface area contributed by atoms with E-state index >= 15 is 0 Å². The van der Waals surface area contributed by atoms with Gasteiger partial charge in [0.1, 0.15) is 10.5 Å². The fourth-order valence-corrected chi connectivity index (χ4v) is 2.96. The van der Waals surface area contributed by atoms with Crippen LogP contribution in [0.25, 0.3) is 0 Å². The summed E-state index contributed by atoms with van der Waals surface area (Å²) >= 11 is 3.37. The van der Waals surface area contributed by atoms with E-state index in [0.717, 1.165) is 13.0 Å². The minimum atomic E-state index is -0.344. The van der Waals surface area contributed by atoms with Gasteiger partial charge in [-0.3, -0.25) is 9.59 Å².